The molecule has 0 radical (unpaired) electrons. The van der Waals surface area contributed by atoms with Crippen LogP contribution >= 0.6 is 0 Å². The second-order valence-electron chi connectivity index (χ2n) is 7.21. The second-order valence-corrected chi connectivity index (χ2v) is 7.21. The number of unbranched alkanes of at least 4 members (excludes halogenated alkanes) is 1. The number of aliphatic hydroxyl groups is 1. The van der Waals surface area contributed by atoms with Crippen LogP contribution < -0.4 is 0 Å². The van der Waals surface area contributed by atoms with E-state index >= 15 is 0 Å². The van der Waals surface area contributed by atoms with E-state index in [-0.39, 0.29) is 12.5 Å². The Morgan fingerprint density at radius 3 is 2.21 bits per heavy atom. The van der Waals surface area contributed by atoms with Crippen LogP contribution in [0.25, 0.3) is 0 Å². The highest BCUT2D eigenvalue weighted by atomic mass is 16.5. The molecule has 0 aromatic heterocycles. The van der Waals surface area contributed by atoms with Gasteiger partial charge in [-0.1, -0.05) is 78.9 Å². The highest BCUT2D eigenvalue weighted by Crippen LogP contribution is 2.46. The molecule has 4 heteroatoms. The van der Waals surface area contributed by atoms with Crippen LogP contribution in [0, 0.1) is 0 Å². The normalized spacial score (nSPS) is 18.1. The van der Waals surface area contributed by atoms with Crippen molar-refractivity contribution in [2.45, 2.75) is 25.1 Å². The standard InChI is InChI=1S/C25H25NO3/c27-17-9-10-18-29-25(21-13-5-2-6-14-21)23-16-8-7-15-22(23)24(28)26(25)19-20-11-3-1-4-12-20/h1-8,11-16,27H,9-10,17-19H2. The van der Waals surface area contributed by atoms with Gasteiger partial charge in [0.1, 0.15) is 0 Å². The summed E-state index contributed by atoms with van der Waals surface area (Å²) in [6.07, 6.45) is 1.39. The van der Waals surface area contributed by atoms with Crippen molar-refractivity contribution < 1.29 is 14.6 Å². The predicted molar refractivity (Wildman–Crippen MR) is 112 cm³/mol. The summed E-state index contributed by atoms with van der Waals surface area (Å²) in [5, 5.41) is 9.17. The molecular weight excluding hydrogens is 362 g/mol. The predicted octanol–water partition coefficient (Wildman–Crippen LogP) is 4.33. The maximum atomic E-state index is 13.5. The molecule has 1 aliphatic rings. The molecular formula is C25H25NO3. The lowest BCUT2D eigenvalue weighted by atomic mass is 9.93. The van der Waals surface area contributed by atoms with E-state index in [0.717, 1.165) is 23.1 Å². The van der Waals surface area contributed by atoms with Crippen LogP contribution in [0.15, 0.2) is 84.9 Å². The smallest absolute Gasteiger partial charge is 0.257 e. The lowest BCUT2D eigenvalue weighted by molar-refractivity contribution is -0.112. The molecule has 1 atom stereocenters. The van der Waals surface area contributed by atoms with Crippen LogP contribution in [0.1, 0.15) is 39.9 Å². The van der Waals surface area contributed by atoms with E-state index in [4.69, 9.17) is 9.84 Å². The third kappa shape index (κ3) is 3.57. The van der Waals surface area contributed by atoms with E-state index in [9.17, 15) is 4.79 Å². The van der Waals surface area contributed by atoms with Crippen LogP contribution in [0.4, 0.5) is 0 Å². The van der Waals surface area contributed by atoms with Gasteiger partial charge >= 0.3 is 0 Å². The first-order chi connectivity index (χ1) is 14.3. The molecule has 29 heavy (non-hydrogen) atoms. The van der Waals surface area contributed by atoms with E-state index in [2.05, 4.69) is 0 Å². The van der Waals surface area contributed by atoms with Gasteiger partial charge in [-0.2, -0.15) is 0 Å². The zero-order chi connectivity index (χ0) is 20.1. The Labute approximate surface area is 171 Å². The lowest BCUT2D eigenvalue weighted by Crippen LogP contribution is -2.46. The molecule has 4 rings (SSSR count). The van der Waals surface area contributed by atoms with E-state index < -0.39 is 5.72 Å². The Morgan fingerprint density at radius 2 is 1.48 bits per heavy atom. The summed E-state index contributed by atoms with van der Waals surface area (Å²) in [5.74, 6) is -0.0320. The van der Waals surface area contributed by atoms with E-state index in [0.29, 0.717) is 25.1 Å². The number of nitrogens with zero attached hydrogens (tertiary/aromatic N) is 1. The maximum Gasteiger partial charge on any atom is 0.257 e. The van der Waals surface area contributed by atoms with Gasteiger partial charge in [-0.25, -0.2) is 0 Å². The zero-order valence-corrected chi connectivity index (χ0v) is 16.3. The lowest BCUT2D eigenvalue weighted by Gasteiger charge is -2.39. The topological polar surface area (TPSA) is 49.8 Å². The van der Waals surface area contributed by atoms with Gasteiger partial charge in [0.25, 0.3) is 5.91 Å². The van der Waals surface area contributed by atoms with Crippen LogP contribution in [-0.4, -0.2) is 29.1 Å². The Morgan fingerprint density at radius 1 is 0.828 bits per heavy atom. The number of amides is 1. The minimum atomic E-state index is -0.986. The van der Waals surface area contributed by atoms with Gasteiger partial charge in [-0.05, 0) is 24.5 Å². The van der Waals surface area contributed by atoms with E-state index in [1.54, 1.807) is 0 Å². The number of rotatable bonds is 8. The van der Waals surface area contributed by atoms with Crippen LogP contribution in [0.2, 0.25) is 0 Å². The van der Waals surface area contributed by atoms with Crippen molar-refractivity contribution in [3.8, 4) is 0 Å². The fourth-order valence-electron chi connectivity index (χ4n) is 4.00. The number of ether oxygens (including phenoxy) is 1. The van der Waals surface area contributed by atoms with Crippen molar-refractivity contribution in [1.82, 2.24) is 4.90 Å². The first kappa shape index (κ1) is 19.4. The molecule has 148 valence electrons. The number of hydrogen-bond acceptors (Lipinski definition) is 3. The number of carbonyl (C=O) groups excluding carboxylic acids is 1. The van der Waals surface area contributed by atoms with Crippen LogP contribution in [-0.2, 0) is 17.0 Å². The minimum Gasteiger partial charge on any atom is -0.396 e. The summed E-state index contributed by atoms with van der Waals surface area (Å²) in [6, 6.07) is 27.6. The fourth-order valence-corrected chi connectivity index (χ4v) is 4.00. The number of carbonyl (C=O) groups is 1. The molecule has 1 amide bonds. The highest BCUT2D eigenvalue weighted by Gasteiger charge is 2.51. The third-order valence-corrected chi connectivity index (χ3v) is 5.36. The van der Waals surface area contributed by atoms with Crippen molar-refractivity contribution in [3.63, 3.8) is 0 Å². The molecule has 1 N–H and O–H groups in total. The van der Waals surface area contributed by atoms with Gasteiger partial charge in [0, 0.05) is 29.8 Å². The number of aliphatic hydroxyl groups excluding tert-OH is 1. The molecule has 4 nitrogen and oxygen atoms in total. The second kappa shape index (κ2) is 8.60. The molecule has 3 aromatic rings. The molecule has 0 aliphatic carbocycles. The molecule has 0 bridgehead atoms. The van der Waals surface area contributed by atoms with Gasteiger partial charge < -0.3 is 9.84 Å². The summed E-state index contributed by atoms with van der Waals surface area (Å²) in [6.45, 7) is 1.02. The van der Waals surface area contributed by atoms with Gasteiger partial charge in [-0.15, -0.1) is 0 Å². The van der Waals surface area contributed by atoms with Gasteiger partial charge in [0.2, 0.25) is 0 Å². The minimum absolute atomic E-state index is 0.0320. The summed E-state index contributed by atoms with van der Waals surface area (Å²) >= 11 is 0. The third-order valence-electron chi connectivity index (χ3n) is 5.36. The van der Waals surface area contributed by atoms with Crippen molar-refractivity contribution in [1.29, 1.82) is 0 Å². The number of fused-ring (bicyclic) bond motifs is 1. The first-order valence-corrected chi connectivity index (χ1v) is 10.0. The average Bonchev–Trinajstić information content (AvgIpc) is 3.02. The Balaban J connectivity index is 1.83. The Bertz CT molecular complexity index is 958. The van der Waals surface area contributed by atoms with Crippen molar-refractivity contribution in [3.05, 3.63) is 107 Å². The number of benzene rings is 3. The monoisotopic (exact) mass is 387 g/mol. The average molecular weight is 387 g/mol. The molecule has 0 spiro atoms. The molecule has 0 fully saturated rings. The van der Waals surface area contributed by atoms with Gasteiger partial charge in [0.15, 0.2) is 5.72 Å². The highest BCUT2D eigenvalue weighted by molar-refractivity contribution is 6.00. The van der Waals surface area contributed by atoms with Gasteiger partial charge in [-0.3, -0.25) is 9.69 Å². The summed E-state index contributed by atoms with van der Waals surface area (Å²) in [7, 11) is 0. The molecule has 3 aromatic carbocycles. The molecule has 1 unspecified atom stereocenters. The summed E-state index contributed by atoms with van der Waals surface area (Å²) in [4.78, 5) is 15.3. The summed E-state index contributed by atoms with van der Waals surface area (Å²) in [5.41, 5.74) is 2.54. The van der Waals surface area contributed by atoms with Gasteiger partial charge in [0.05, 0.1) is 6.61 Å². The van der Waals surface area contributed by atoms with Crippen LogP contribution in [0.5, 0.6) is 0 Å². The van der Waals surface area contributed by atoms with E-state index in [1.807, 2.05) is 89.8 Å². The van der Waals surface area contributed by atoms with E-state index in [1.165, 1.54) is 0 Å². The molecule has 1 heterocycles. The first-order valence-electron chi connectivity index (χ1n) is 10.0. The SMILES string of the molecule is O=C1c2ccccc2C(OCCCCO)(c2ccccc2)N1Cc1ccccc1. The van der Waals surface area contributed by atoms with Crippen molar-refractivity contribution in [2.24, 2.45) is 0 Å². The van der Waals surface area contributed by atoms with Crippen molar-refractivity contribution >= 4 is 5.91 Å². The van der Waals surface area contributed by atoms with Crippen molar-refractivity contribution in [2.75, 3.05) is 13.2 Å². The van der Waals surface area contributed by atoms with Crippen LogP contribution in [0.3, 0.4) is 0 Å². The maximum absolute atomic E-state index is 13.5. The molecule has 0 saturated carbocycles. The summed E-state index contributed by atoms with van der Waals surface area (Å²) < 4.78 is 6.55. The molecule has 0 saturated heterocycles. The Kier molecular flexibility index (Phi) is 5.74. The Hall–Kier alpha value is -2.95. The zero-order valence-electron chi connectivity index (χ0n) is 16.3. The largest absolute Gasteiger partial charge is 0.396 e. The fraction of sp³-hybridized carbons (Fsp3) is 0.240. The number of hydrogen-bond donors (Lipinski definition) is 1. The quantitative estimate of drug-likeness (QED) is 0.585. The molecule has 1 aliphatic heterocycles.